The quantitative estimate of drug-likeness (QED) is 0.119. The van der Waals surface area contributed by atoms with Crippen molar-refractivity contribution in [2.75, 3.05) is 0 Å². The second kappa shape index (κ2) is 29.5. The molecule has 0 heterocycles. The van der Waals surface area contributed by atoms with E-state index in [1.165, 1.54) is 0 Å². The predicted molar refractivity (Wildman–Crippen MR) is 293 cm³/mol. The van der Waals surface area contributed by atoms with E-state index in [0.29, 0.717) is 35.5 Å². The van der Waals surface area contributed by atoms with Crippen molar-refractivity contribution in [3.05, 3.63) is 0 Å². The van der Waals surface area contributed by atoms with Gasteiger partial charge in [-0.05, 0) is 196 Å². The summed E-state index contributed by atoms with van der Waals surface area (Å²) in [5.74, 6) is 4.04. The Morgan fingerprint density at radius 1 is 0.208 bits per heavy atom. The van der Waals surface area contributed by atoms with Gasteiger partial charge in [-0.1, -0.05) is 80.1 Å². The van der Waals surface area contributed by atoms with Gasteiger partial charge in [-0.2, -0.15) is 0 Å². The molecule has 0 aromatic rings. The Morgan fingerprint density at radius 2 is 0.306 bits per heavy atom. The summed E-state index contributed by atoms with van der Waals surface area (Å²) >= 11 is 0. The highest BCUT2D eigenvalue weighted by Crippen LogP contribution is 2.40. The summed E-state index contributed by atoms with van der Waals surface area (Å²) in [6, 6.07) is 0. The van der Waals surface area contributed by atoms with E-state index in [-0.39, 0.29) is 72.1 Å². The Hall–Kier alpha value is -0.480. The number of aliphatic hydroxyl groups excluding tert-OH is 6. The zero-order valence-electron chi connectivity index (χ0n) is 49.5. The van der Waals surface area contributed by atoms with E-state index in [9.17, 15) is 61.3 Å². The van der Waals surface area contributed by atoms with E-state index in [0.717, 1.165) is 116 Å². The van der Waals surface area contributed by atoms with Gasteiger partial charge in [0.2, 0.25) is 0 Å². The van der Waals surface area contributed by atoms with Crippen LogP contribution in [0.5, 0.6) is 0 Å². The third-order valence-corrected chi connectivity index (χ3v) is 17.9. The fraction of sp³-hybridized carbons (Fsp3) is 1.00. The lowest BCUT2D eigenvalue weighted by atomic mass is 9.73. The van der Waals surface area contributed by atoms with Gasteiger partial charge in [-0.15, -0.1) is 0 Å². The van der Waals surface area contributed by atoms with Crippen LogP contribution < -0.4 is 0 Å². The van der Waals surface area contributed by atoms with Crippen LogP contribution in [0.25, 0.3) is 0 Å². The summed E-state index contributed by atoms with van der Waals surface area (Å²) in [6.45, 7) is 34.4. The first-order chi connectivity index (χ1) is 32.5. The average Bonchev–Trinajstić information content (AvgIpc) is 3.16. The Kier molecular flexibility index (Phi) is 28.5. The van der Waals surface area contributed by atoms with Crippen LogP contribution in [-0.4, -0.2) is 132 Å². The largest absolute Gasteiger partial charge is 0.393 e. The van der Waals surface area contributed by atoms with E-state index in [2.05, 4.69) is 41.5 Å². The third kappa shape index (κ3) is 25.3. The van der Waals surface area contributed by atoms with Gasteiger partial charge in [0.15, 0.2) is 0 Å². The second-order valence-corrected chi connectivity index (χ2v) is 28.5. The van der Waals surface area contributed by atoms with Gasteiger partial charge >= 0.3 is 0 Å². The molecule has 6 aliphatic rings. The van der Waals surface area contributed by atoms with Crippen molar-refractivity contribution in [1.82, 2.24) is 0 Å². The van der Waals surface area contributed by atoms with Crippen LogP contribution in [-0.2, 0) is 0 Å². The van der Waals surface area contributed by atoms with E-state index in [1.54, 1.807) is 83.1 Å². The van der Waals surface area contributed by atoms with Gasteiger partial charge in [-0.25, -0.2) is 0 Å². The molecule has 0 radical (unpaired) electrons. The molecule has 0 bridgehead atoms. The van der Waals surface area contributed by atoms with Gasteiger partial charge in [0.05, 0.1) is 70.2 Å². The number of rotatable bonds is 6. The van der Waals surface area contributed by atoms with Crippen LogP contribution in [0, 0.1) is 71.0 Å². The van der Waals surface area contributed by atoms with Crippen molar-refractivity contribution in [1.29, 1.82) is 0 Å². The van der Waals surface area contributed by atoms with E-state index >= 15 is 0 Å². The minimum Gasteiger partial charge on any atom is -0.393 e. The molecule has 12 nitrogen and oxygen atoms in total. The van der Waals surface area contributed by atoms with Crippen molar-refractivity contribution in [2.45, 2.75) is 310 Å². The summed E-state index contributed by atoms with van der Waals surface area (Å²) in [6.07, 6.45) is 15.7. The molecule has 0 spiro atoms. The van der Waals surface area contributed by atoms with Crippen LogP contribution in [0.2, 0.25) is 0 Å². The van der Waals surface area contributed by atoms with Crippen LogP contribution in [0.3, 0.4) is 0 Å². The summed E-state index contributed by atoms with van der Waals surface area (Å²) in [5, 5.41) is 117. The first-order valence-electron chi connectivity index (χ1n) is 28.9. The maximum atomic E-state index is 9.74. The minimum atomic E-state index is -0.723. The standard InChI is InChI=1S/6C10H20O2/c6*1-7-4-5-8(9(11)6-7)10(2,3)12/h6*7-9,11-12H,4-6H2,1-3H3/t2*7-,8+,9+;7-,8+,9-;7-,8-,9+;2*7-,8-,9-/m101110/s1. The molecule has 12 N–H and O–H groups in total. The molecule has 6 rings (SSSR count). The Morgan fingerprint density at radius 3 is 0.375 bits per heavy atom. The lowest BCUT2D eigenvalue weighted by molar-refractivity contribution is -0.0737. The molecule has 6 aliphatic carbocycles. The first kappa shape index (κ1) is 69.5. The van der Waals surface area contributed by atoms with Crippen molar-refractivity contribution >= 4 is 0 Å². The zero-order chi connectivity index (χ0) is 56.1. The van der Waals surface area contributed by atoms with E-state index in [1.807, 2.05) is 0 Å². The summed E-state index contributed by atoms with van der Waals surface area (Å²) in [4.78, 5) is 0. The summed E-state index contributed by atoms with van der Waals surface area (Å²) in [7, 11) is 0. The van der Waals surface area contributed by atoms with E-state index in [4.69, 9.17) is 0 Å². The predicted octanol–water partition coefficient (Wildman–Crippen LogP) is 9.33. The maximum Gasteiger partial charge on any atom is 0.0644 e. The molecule has 0 aromatic heterocycles. The Balaban J connectivity index is 0.000000432. The van der Waals surface area contributed by atoms with Gasteiger partial charge in [0, 0.05) is 35.5 Å². The molecule has 12 heteroatoms. The molecule has 0 unspecified atom stereocenters. The highest BCUT2D eigenvalue weighted by molar-refractivity contribution is 4.92. The SMILES string of the molecule is C[C@@H]1CC[C@@H](C(C)(C)O)[C@@H](O)C1.C[C@@H]1CC[C@@H](C(C)(C)O)[C@H](O)C1.C[C@@H]1CC[C@H](C(C)(C)O)[C@@H](O)C1.C[C@@H]1CC[C@H](C(C)(C)O)[C@H](O)C1.C[C@H]1CC[C@@H](C(C)(C)O)[C@H](O)C1.C[C@H]1CC[C@H](C(C)(C)O)[C@@H](O)C1. The fourth-order valence-corrected chi connectivity index (χ4v) is 13.0. The first-order valence-corrected chi connectivity index (χ1v) is 28.9. The van der Waals surface area contributed by atoms with Crippen LogP contribution in [0.1, 0.15) is 240 Å². The van der Waals surface area contributed by atoms with Gasteiger partial charge in [-0.3, -0.25) is 0 Å². The van der Waals surface area contributed by atoms with Crippen molar-refractivity contribution in [3.8, 4) is 0 Å². The molecule has 6 fully saturated rings. The smallest absolute Gasteiger partial charge is 0.0644 e. The van der Waals surface area contributed by atoms with Crippen molar-refractivity contribution in [2.24, 2.45) is 71.0 Å². The molecular formula is C60H120O12. The van der Waals surface area contributed by atoms with Gasteiger partial charge < -0.3 is 61.3 Å². The number of hydrogen-bond acceptors (Lipinski definition) is 12. The van der Waals surface area contributed by atoms with Crippen LogP contribution in [0.15, 0.2) is 0 Å². The molecule has 18 atom stereocenters. The molecule has 0 amide bonds. The molecule has 6 saturated carbocycles. The molecule has 72 heavy (non-hydrogen) atoms. The summed E-state index contributed by atoms with van der Waals surface area (Å²) < 4.78 is 0. The zero-order valence-corrected chi connectivity index (χ0v) is 49.5. The topological polar surface area (TPSA) is 243 Å². The molecule has 0 saturated heterocycles. The molecule has 0 aliphatic heterocycles. The molecular weight excluding hydrogens is 913 g/mol. The molecule has 0 aromatic carbocycles. The Bertz CT molecular complexity index is 1170. The monoisotopic (exact) mass is 1030 g/mol. The third-order valence-electron chi connectivity index (χ3n) is 17.9. The normalized spacial score (nSPS) is 38.2. The Labute approximate surface area is 441 Å². The summed E-state index contributed by atoms with van der Waals surface area (Å²) in [5.41, 5.74) is -4.34. The second-order valence-electron chi connectivity index (χ2n) is 28.5. The number of aliphatic hydroxyl groups is 12. The van der Waals surface area contributed by atoms with Gasteiger partial charge in [0.1, 0.15) is 0 Å². The lowest BCUT2D eigenvalue weighted by Crippen LogP contribution is -2.42. The van der Waals surface area contributed by atoms with Crippen LogP contribution in [0.4, 0.5) is 0 Å². The molecule has 432 valence electrons. The number of hydrogen-bond donors (Lipinski definition) is 12. The highest BCUT2D eigenvalue weighted by Gasteiger charge is 2.41. The highest BCUT2D eigenvalue weighted by atomic mass is 16.3. The van der Waals surface area contributed by atoms with E-state index < -0.39 is 33.6 Å². The average molecular weight is 1030 g/mol. The van der Waals surface area contributed by atoms with Crippen molar-refractivity contribution in [3.63, 3.8) is 0 Å². The minimum absolute atomic E-state index is 0.0636. The maximum absolute atomic E-state index is 9.74. The van der Waals surface area contributed by atoms with Gasteiger partial charge in [0.25, 0.3) is 0 Å². The lowest BCUT2D eigenvalue weighted by Gasteiger charge is -2.38. The fourth-order valence-electron chi connectivity index (χ4n) is 13.0. The van der Waals surface area contributed by atoms with Crippen LogP contribution >= 0.6 is 0 Å². The van der Waals surface area contributed by atoms with Crippen molar-refractivity contribution < 1.29 is 61.3 Å².